The third-order valence-corrected chi connectivity index (χ3v) is 7.83. The number of thioether (sulfide) groups is 1. The fourth-order valence-corrected chi connectivity index (χ4v) is 6.19. The van der Waals surface area contributed by atoms with Crippen LogP contribution < -0.4 is 5.32 Å². The van der Waals surface area contributed by atoms with E-state index in [-0.39, 0.29) is 24.0 Å². The number of hydrogen-bond donors (Lipinski definition) is 2. The molecule has 10 heteroatoms. The van der Waals surface area contributed by atoms with E-state index in [1.807, 2.05) is 12.1 Å². The number of carboxylic acid groups (broad SMARTS) is 1. The minimum absolute atomic E-state index is 0.170. The zero-order valence-corrected chi connectivity index (χ0v) is 19.0. The van der Waals surface area contributed by atoms with Crippen LogP contribution in [0.5, 0.6) is 0 Å². The van der Waals surface area contributed by atoms with Crippen LogP contribution in [0.4, 0.5) is 0 Å². The summed E-state index contributed by atoms with van der Waals surface area (Å²) < 4.78 is 4.94. The Bertz CT molecular complexity index is 1020. The summed E-state index contributed by atoms with van der Waals surface area (Å²) in [5, 5.41) is 12.6. The number of carboxylic acids is 1. The first-order valence-corrected chi connectivity index (χ1v) is 11.8. The molecule has 2 fully saturated rings. The number of ether oxygens (including phenoxy) is 1. The minimum atomic E-state index is -1.26. The van der Waals surface area contributed by atoms with Crippen LogP contribution in [0.3, 0.4) is 0 Å². The van der Waals surface area contributed by atoms with E-state index in [1.54, 1.807) is 12.1 Å². The summed E-state index contributed by atoms with van der Waals surface area (Å²) in [7, 11) is 0. The Morgan fingerprint density at radius 3 is 2.66 bits per heavy atom. The van der Waals surface area contributed by atoms with E-state index in [4.69, 9.17) is 16.3 Å². The maximum Gasteiger partial charge on any atom is 0.352 e. The summed E-state index contributed by atoms with van der Waals surface area (Å²) in [6.45, 7) is 1.05. The van der Waals surface area contributed by atoms with E-state index in [1.165, 1.54) is 23.6 Å². The quantitative estimate of drug-likeness (QED) is 0.477. The molecule has 2 aliphatic heterocycles. The van der Waals surface area contributed by atoms with Crippen LogP contribution in [0.15, 0.2) is 35.5 Å². The number of nitrogens with zero attached hydrogens (tertiary/aromatic N) is 1. The van der Waals surface area contributed by atoms with Crippen LogP contribution in [0, 0.1) is 0 Å². The number of carbonyl (C=O) groups excluding carboxylic acids is 3. The summed E-state index contributed by atoms with van der Waals surface area (Å²) in [5.74, 6) is -2.22. The predicted octanol–water partition coefficient (Wildman–Crippen LogP) is 2.45. The van der Waals surface area contributed by atoms with Crippen LogP contribution in [0.2, 0.25) is 5.02 Å². The molecular weight excluding hydrogens is 456 g/mol. The molecule has 1 aromatic carbocycles. The fraction of sp³-hybridized carbons (Fsp3) is 0.455. The fourth-order valence-electron chi connectivity index (χ4n) is 4.67. The number of benzene rings is 1. The van der Waals surface area contributed by atoms with Gasteiger partial charge < -0.3 is 15.2 Å². The third kappa shape index (κ3) is 3.88. The number of aliphatic carboxylic acids is 1. The maximum atomic E-state index is 13.4. The molecule has 2 atom stereocenters. The van der Waals surface area contributed by atoms with Crippen LogP contribution in [-0.2, 0) is 29.3 Å². The van der Waals surface area contributed by atoms with E-state index in [0.717, 1.165) is 18.4 Å². The zero-order chi connectivity index (χ0) is 23.0. The van der Waals surface area contributed by atoms with Crippen LogP contribution in [-0.4, -0.2) is 57.5 Å². The van der Waals surface area contributed by atoms with E-state index >= 15 is 0 Å². The zero-order valence-electron chi connectivity index (χ0n) is 17.4. The molecule has 0 bridgehead atoms. The number of nitrogens with one attached hydrogen (secondary N) is 1. The number of amides is 2. The molecule has 0 aromatic heterocycles. The number of fused-ring (bicyclic) bond motifs is 1. The normalized spacial score (nSPS) is 23.9. The second kappa shape index (κ2) is 8.78. The largest absolute Gasteiger partial charge is 0.477 e. The Morgan fingerprint density at radius 2 is 2.03 bits per heavy atom. The number of carbonyl (C=O) groups is 4. The number of halogens is 1. The van der Waals surface area contributed by atoms with Crippen molar-refractivity contribution in [2.24, 2.45) is 0 Å². The molecule has 2 amide bonds. The van der Waals surface area contributed by atoms with Gasteiger partial charge in [0.25, 0.3) is 5.91 Å². The highest BCUT2D eigenvalue weighted by Gasteiger charge is 2.56. The molecule has 1 aliphatic carbocycles. The van der Waals surface area contributed by atoms with Gasteiger partial charge >= 0.3 is 11.9 Å². The Labute approximate surface area is 194 Å². The molecule has 0 spiro atoms. The summed E-state index contributed by atoms with van der Waals surface area (Å²) in [6.07, 6.45) is 3.12. The highest BCUT2D eigenvalue weighted by Crippen LogP contribution is 2.44. The lowest BCUT2D eigenvalue weighted by atomic mass is 9.77. The molecule has 2 heterocycles. The maximum absolute atomic E-state index is 13.4. The average molecular weight is 479 g/mol. The molecule has 2 N–H and O–H groups in total. The van der Waals surface area contributed by atoms with Crippen molar-refractivity contribution in [1.29, 1.82) is 0 Å². The molecule has 170 valence electrons. The lowest BCUT2D eigenvalue weighted by Crippen LogP contribution is -2.71. The topological polar surface area (TPSA) is 113 Å². The van der Waals surface area contributed by atoms with Gasteiger partial charge in [-0.3, -0.25) is 19.3 Å². The van der Waals surface area contributed by atoms with E-state index < -0.39 is 34.7 Å². The molecule has 0 unspecified atom stereocenters. The number of β-lactam (4-membered cyclic amide) rings is 1. The molecule has 8 nitrogen and oxygen atoms in total. The lowest BCUT2D eigenvalue weighted by molar-refractivity contribution is -0.151. The van der Waals surface area contributed by atoms with Crippen molar-refractivity contribution < 1.29 is 29.0 Å². The van der Waals surface area contributed by atoms with Crippen LogP contribution in [0.25, 0.3) is 0 Å². The van der Waals surface area contributed by atoms with Crippen molar-refractivity contribution in [3.63, 3.8) is 0 Å². The van der Waals surface area contributed by atoms with Crippen LogP contribution in [0.1, 0.15) is 38.2 Å². The Morgan fingerprint density at radius 1 is 1.31 bits per heavy atom. The molecule has 4 rings (SSSR count). The van der Waals surface area contributed by atoms with Gasteiger partial charge in [-0.1, -0.05) is 36.6 Å². The SMILES string of the molecule is CC(=O)OCC1=C(C(=O)O)N2C(=O)[C@H](NC(=O)C3(c4cccc(Cl)c4)CCCC3)[C@H]2SC1. The number of rotatable bonds is 6. The first-order chi connectivity index (χ1) is 15.2. The van der Waals surface area contributed by atoms with Gasteiger partial charge in [0, 0.05) is 23.3 Å². The van der Waals surface area contributed by atoms with Gasteiger partial charge in [0.1, 0.15) is 23.7 Å². The predicted molar refractivity (Wildman–Crippen MR) is 118 cm³/mol. The van der Waals surface area contributed by atoms with Gasteiger partial charge in [0.2, 0.25) is 5.91 Å². The van der Waals surface area contributed by atoms with Gasteiger partial charge in [0.15, 0.2) is 0 Å². The average Bonchev–Trinajstić information content (AvgIpc) is 3.26. The molecule has 0 radical (unpaired) electrons. The van der Waals surface area contributed by atoms with E-state index in [0.29, 0.717) is 23.4 Å². The minimum Gasteiger partial charge on any atom is -0.477 e. The van der Waals surface area contributed by atoms with E-state index in [9.17, 15) is 24.3 Å². The summed E-state index contributed by atoms with van der Waals surface area (Å²) in [6, 6.07) is 6.43. The Balaban J connectivity index is 1.54. The molecule has 1 aromatic rings. The third-order valence-electron chi connectivity index (χ3n) is 6.26. The smallest absolute Gasteiger partial charge is 0.352 e. The molecule has 3 aliphatic rings. The van der Waals surface area contributed by atoms with Gasteiger partial charge in [-0.15, -0.1) is 11.8 Å². The Hall–Kier alpha value is -2.52. The van der Waals surface area contributed by atoms with E-state index in [2.05, 4.69) is 5.32 Å². The van der Waals surface area contributed by atoms with Gasteiger partial charge in [0.05, 0.1) is 5.41 Å². The molecule has 1 saturated carbocycles. The van der Waals surface area contributed by atoms with Crippen molar-refractivity contribution in [1.82, 2.24) is 10.2 Å². The van der Waals surface area contributed by atoms with Crippen LogP contribution >= 0.6 is 23.4 Å². The summed E-state index contributed by atoms with van der Waals surface area (Å²) in [5.41, 5.74) is 0.264. The van der Waals surface area contributed by atoms with Crippen molar-refractivity contribution in [2.45, 2.75) is 49.4 Å². The van der Waals surface area contributed by atoms with Crippen molar-refractivity contribution in [3.05, 3.63) is 46.1 Å². The van der Waals surface area contributed by atoms with Crippen molar-refractivity contribution in [3.8, 4) is 0 Å². The standard InChI is InChI=1S/C22H23ClN2O6S/c1-12(26)31-10-13-11-32-19-16(18(27)25(19)17(13)20(28)29)24-21(30)22(7-2-3-8-22)14-5-4-6-15(23)9-14/h4-6,9,16,19H,2-3,7-8,10-11H2,1H3,(H,24,30)(H,28,29)/t16-,19+/m0/s1. The first kappa shape index (κ1) is 22.7. The second-order valence-corrected chi connectivity index (χ2v) is 9.74. The summed E-state index contributed by atoms with van der Waals surface area (Å²) >= 11 is 7.51. The molecule has 1 saturated heterocycles. The number of hydrogen-bond acceptors (Lipinski definition) is 6. The van der Waals surface area contributed by atoms with Crippen molar-refractivity contribution >= 4 is 47.1 Å². The highest BCUT2D eigenvalue weighted by atomic mass is 35.5. The molecular formula is C22H23ClN2O6S. The van der Waals surface area contributed by atoms with Crippen molar-refractivity contribution in [2.75, 3.05) is 12.4 Å². The summed E-state index contributed by atoms with van der Waals surface area (Å²) in [4.78, 5) is 50.5. The lowest BCUT2D eigenvalue weighted by Gasteiger charge is -2.50. The van der Waals surface area contributed by atoms with Gasteiger partial charge in [-0.25, -0.2) is 4.79 Å². The highest BCUT2D eigenvalue weighted by molar-refractivity contribution is 8.00. The monoisotopic (exact) mass is 478 g/mol. The van der Waals surface area contributed by atoms with Gasteiger partial charge in [-0.2, -0.15) is 0 Å². The second-order valence-electron chi connectivity index (χ2n) is 8.20. The number of esters is 1. The molecule has 32 heavy (non-hydrogen) atoms. The van der Waals surface area contributed by atoms with Gasteiger partial charge in [-0.05, 0) is 30.5 Å². The Kier molecular flexibility index (Phi) is 6.22. The first-order valence-electron chi connectivity index (χ1n) is 10.3.